The number of ether oxygens (including phenoxy) is 1. The van der Waals surface area contributed by atoms with Gasteiger partial charge in [-0.25, -0.2) is 9.78 Å². The van der Waals surface area contributed by atoms with Crippen LogP contribution in [0.15, 0.2) is 5.38 Å². The zero-order valence-corrected chi connectivity index (χ0v) is 13.0. The summed E-state index contributed by atoms with van der Waals surface area (Å²) < 4.78 is 5.02. The van der Waals surface area contributed by atoms with Gasteiger partial charge < -0.3 is 15.0 Å². The number of nitrogens with zero attached hydrogens (tertiary/aromatic N) is 2. The molecule has 1 atom stereocenters. The lowest BCUT2D eigenvalue weighted by Crippen LogP contribution is -2.35. The highest BCUT2D eigenvalue weighted by Gasteiger charge is 2.26. The molecule has 0 radical (unpaired) electrons. The number of thiazole rings is 1. The zero-order valence-electron chi connectivity index (χ0n) is 12.2. The molecule has 5 nitrogen and oxygen atoms in total. The van der Waals surface area contributed by atoms with Gasteiger partial charge in [-0.05, 0) is 26.2 Å². The second-order valence-electron chi connectivity index (χ2n) is 4.99. The maximum absolute atomic E-state index is 11.6. The Labute approximate surface area is 124 Å². The Morgan fingerprint density at radius 1 is 1.60 bits per heavy atom. The van der Waals surface area contributed by atoms with Crippen LogP contribution in [0.1, 0.15) is 37.4 Å². The third-order valence-corrected chi connectivity index (χ3v) is 4.31. The van der Waals surface area contributed by atoms with Crippen molar-refractivity contribution in [1.29, 1.82) is 0 Å². The molecular weight excluding hydrogens is 274 g/mol. The van der Waals surface area contributed by atoms with Crippen LogP contribution in [0.5, 0.6) is 0 Å². The molecule has 20 heavy (non-hydrogen) atoms. The van der Waals surface area contributed by atoms with E-state index in [1.807, 2.05) is 6.92 Å². The van der Waals surface area contributed by atoms with Gasteiger partial charge in [0.25, 0.3) is 0 Å². The summed E-state index contributed by atoms with van der Waals surface area (Å²) in [5.74, 6) is 0. The molecule has 1 aliphatic rings. The second kappa shape index (κ2) is 7.59. The molecule has 6 heteroatoms. The lowest BCUT2D eigenvalue weighted by Gasteiger charge is -2.16. The van der Waals surface area contributed by atoms with Gasteiger partial charge in [0.1, 0.15) is 0 Å². The van der Waals surface area contributed by atoms with Crippen molar-refractivity contribution in [1.82, 2.24) is 15.2 Å². The molecule has 1 N–H and O–H groups in total. The standard InChI is InChI=1S/C14H23N3O2S/c1-3-5-13-16-12(10-20-13)8-15-11-6-7-17(9-11)14(18)19-4-2/h10-11,15H,3-9H2,1-2H3/t11-/m1/s1. The summed E-state index contributed by atoms with van der Waals surface area (Å²) in [6.45, 7) is 6.72. The fourth-order valence-electron chi connectivity index (χ4n) is 2.32. The van der Waals surface area contributed by atoms with Crippen LogP contribution >= 0.6 is 11.3 Å². The SMILES string of the molecule is CCCc1nc(CN[C@@H]2CCN(C(=O)OCC)C2)cs1. The Morgan fingerprint density at radius 3 is 3.20 bits per heavy atom. The van der Waals surface area contributed by atoms with Gasteiger partial charge in [-0.15, -0.1) is 11.3 Å². The van der Waals surface area contributed by atoms with Gasteiger partial charge in [0.2, 0.25) is 0 Å². The predicted octanol–water partition coefficient (Wildman–Crippen LogP) is 2.42. The Hall–Kier alpha value is -1.14. The van der Waals surface area contributed by atoms with Gasteiger partial charge in [0, 0.05) is 31.1 Å². The van der Waals surface area contributed by atoms with Gasteiger partial charge in [0.05, 0.1) is 17.3 Å². The zero-order chi connectivity index (χ0) is 14.4. The summed E-state index contributed by atoms with van der Waals surface area (Å²) in [6.07, 6.45) is 2.98. The minimum absolute atomic E-state index is 0.198. The first-order valence-corrected chi connectivity index (χ1v) is 8.19. The summed E-state index contributed by atoms with van der Waals surface area (Å²) >= 11 is 1.73. The molecule has 0 unspecified atom stereocenters. The lowest BCUT2D eigenvalue weighted by molar-refractivity contribution is 0.115. The molecule has 0 spiro atoms. The van der Waals surface area contributed by atoms with Crippen LogP contribution in [0.3, 0.4) is 0 Å². The van der Waals surface area contributed by atoms with Crippen molar-refractivity contribution < 1.29 is 9.53 Å². The van der Waals surface area contributed by atoms with Crippen LogP contribution in [-0.2, 0) is 17.7 Å². The summed E-state index contributed by atoms with van der Waals surface area (Å²) in [6, 6.07) is 0.343. The molecule has 2 heterocycles. The van der Waals surface area contributed by atoms with E-state index in [1.165, 1.54) is 5.01 Å². The van der Waals surface area contributed by atoms with Crippen molar-refractivity contribution in [3.05, 3.63) is 16.1 Å². The number of nitrogens with one attached hydrogen (secondary N) is 1. The Bertz CT molecular complexity index is 436. The van der Waals surface area contributed by atoms with Crippen LogP contribution in [0, 0.1) is 0 Å². The van der Waals surface area contributed by atoms with Gasteiger partial charge >= 0.3 is 6.09 Å². The van der Waals surface area contributed by atoms with Crippen molar-refractivity contribution in [2.45, 2.75) is 45.7 Å². The smallest absolute Gasteiger partial charge is 0.409 e. The molecular formula is C14H23N3O2S. The number of aryl methyl sites for hydroxylation is 1. The van der Waals surface area contributed by atoms with Gasteiger partial charge in [-0.1, -0.05) is 6.92 Å². The van der Waals surface area contributed by atoms with Gasteiger partial charge in [-0.2, -0.15) is 0 Å². The molecule has 0 bridgehead atoms. The number of carbonyl (C=O) groups excluding carboxylic acids is 1. The highest BCUT2D eigenvalue weighted by atomic mass is 32.1. The van der Waals surface area contributed by atoms with Crippen LogP contribution in [0.2, 0.25) is 0 Å². The van der Waals surface area contributed by atoms with E-state index in [0.717, 1.165) is 44.6 Å². The number of carbonyl (C=O) groups is 1. The van der Waals surface area contributed by atoms with Gasteiger partial charge in [0.15, 0.2) is 0 Å². The molecule has 1 aromatic rings. The maximum atomic E-state index is 11.6. The number of rotatable bonds is 6. The van der Waals surface area contributed by atoms with E-state index in [-0.39, 0.29) is 6.09 Å². The minimum atomic E-state index is -0.198. The van der Waals surface area contributed by atoms with E-state index < -0.39 is 0 Å². The van der Waals surface area contributed by atoms with Crippen LogP contribution in [0.25, 0.3) is 0 Å². The number of aromatic nitrogens is 1. The number of hydrogen-bond acceptors (Lipinski definition) is 5. The van der Waals surface area contributed by atoms with Crippen molar-refractivity contribution in [3.8, 4) is 0 Å². The average Bonchev–Trinajstić information content (AvgIpc) is 3.06. The molecule has 1 amide bonds. The first-order chi connectivity index (χ1) is 9.72. The normalized spacial score (nSPS) is 18.5. The largest absolute Gasteiger partial charge is 0.450 e. The summed E-state index contributed by atoms with van der Waals surface area (Å²) in [5, 5.41) is 6.81. The molecule has 1 saturated heterocycles. The van der Waals surface area contributed by atoms with E-state index in [1.54, 1.807) is 16.2 Å². The fraction of sp³-hybridized carbons (Fsp3) is 0.714. The number of hydrogen-bond donors (Lipinski definition) is 1. The number of likely N-dealkylation sites (tertiary alicyclic amines) is 1. The Balaban J connectivity index is 1.73. The molecule has 0 aliphatic carbocycles. The predicted molar refractivity (Wildman–Crippen MR) is 79.9 cm³/mol. The minimum Gasteiger partial charge on any atom is -0.450 e. The highest BCUT2D eigenvalue weighted by Crippen LogP contribution is 2.14. The second-order valence-corrected chi connectivity index (χ2v) is 5.94. The van der Waals surface area contributed by atoms with E-state index >= 15 is 0 Å². The average molecular weight is 297 g/mol. The van der Waals surface area contributed by atoms with Crippen molar-refractivity contribution in [3.63, 3.8) is 0 Å². The van der Waals surface area contributed by atoms with Crippen LogP contribution < -0.4 is 5.32 Å². The number of amides is 1. The van der Waals surface area contributed by atoms with Crippen molar-refractivity contribution in [2.24, 2.45) is 0 Å². The lowest BCUT2D eigenvalue weighted by atomic mass is 10.2. The van der Waals surface area contributed by atoms with E-state index in [0.29, 0.717) is 12.6 Å². The van der Waals surface area contributed by atoms with Crippen molar-refractivity contribution >= 4 is 17.4 Å². The van der Waals surface area contributed by atoms with E-state index in [2.05, 4.69) is 22.6 Å². The molecule has 1 aromatic heterocycles. The molecule has 0 saturated carbocycles. The maximum Gasteiger partial charge on any atom is 0.409 e. The Morgan fingerprint density at radius 2 is 2.45 bits per heavy atom. The highest BCUT2D eigenvalue weighted by molar-refractivity contribution is 7.09. The molecule has 1 aliphatic heterocycles. The summed E-state index contributed by atoms with van der Waals surface area (Å²) in [7, 11) is 0. The third-order valence-electron chi connectivity index (χ3n) is 3.35. The third kappa shape index (κ3) is 4.18. The molecule has 2 rings (SSSR count). The van der Waals surface area contributed by atoms with E-state index in [4.69, 9.17) is 4.74 Å². The van der Waals surface area contributed by atoms with E-state index in [9.17, 15) is 4.79 Å². The summed E-state index contributed by atoms with van der Waals surface area (Å²) in [5.41, 5.74) is 1.10. The van der Waals surface area contributed by atoms with Crippen molar-refractivity contribution in [2.75, 3.05) is 19.7 Å². The molecule has 0 aromatic carbocycles. The first-order valence-electron chi connectivity index (χ1n) is 7.31. The van der Waals surface area contributed by atoms with Gasteiger partial charge in [-0.3, -0.25) is 0 Å². The molecule has 112 valence electrons. The monoisotopic (exact) mass is 297 g/mol. The topological polar surface area (TPSA) is 54.5 Å². The van der Waals surface area contributed by atoms with Crippen LogP contribution in [-0.4, -0.2) is 41.7 Å². The van der Waals surface area contributed by atoms with Crippen LogP contribution in [0.4, 0.5) is 4.79 Å². The summed E-state index contributed by atoms with van der Waals surface area (Å²) in [4.78, 5) is 18.0. The fourth-order valence-corrected chi connectivity index (χ4v) is 3.22. The Kier molecular flexibility index (Phi) is 5.79. The quantitative estimate of drug-likeness (QED) is 0.876. The first kappa shape index (κ1) is 15.3. The molecule has 1 fully saturated rings.